The molecule has 0 nitrogen and oxygen atoms in total. The Kier molecular flexibility index (Phi) is 2.31. The van der Waals surface area contributed by atoms with E-state index in [-0.39, 0.29) is 0 Å². The van der Waals surface area contributed by atoms with Crippen molar-refractivity contribution in [3.05, 3.63) is 24.3 Å². The first-order chi connectivity index (χ1) is 4.71. The Hall–Kier alpha value is -0.520. The van der Waals surface area contributed by atoms with E-state index in [1.54, 1.807) is 0 Å². The first-order valence-corrected chi connectivity index (χ1v) is 4.05. The van der Waals surface area contributed by atoms with E-state index >= 15 is 0 Å². The van der Waals surface area contributed by atoms with Crippen molar-refractivity contribution < 1.29 is 0 Å². The van der Waals surface area contributed by atoms with Crippen molar-refractivity contribution >= 4 is 0 Å². The van der Waals surface area contributed by atoms with Gasteiger partial charge in [-0.25, -0.2) is 0 Å². The summed E-state index contributed by atoms with van der Waals surface area (Å²) in [5.41, 5.74) is 0.421. The Labute approximate surface area is 63.6 Å². The summed E-state index contributed by atoms with van der Waals surface area (Å²) in [6.45, 7) is 4.59. The van der Waals surface area contributed by atoms with Crippen LogP contribution in [0.2, 0.25) is 0 Å². The van der Waals surface area contributed by atoms with Crippen molar-refractivity contribution in [3.8, 4) is 0 Å². The molecule has 0 saturated carbocycles. The minimum Gasteiger partial charge on any atom is -0.0845 e. The highest BCUT2D eigenvalue weighted by atomic mass is 14.2. The first-order valence-electron chi connectivity index (χ1n) is 4.05. The maximum atomic E-state index is 2.29. The van der Waals surface area contributed by atoms with Crippen molar-refractivity contribution in [2.24, 2.45) is 5.41 Å². The van der Waals surface area contributed by atoms with Crippen LogP contribution in [0.15, 0.2) is 24.3 Å². The van der Waals surface area contributed by atoms with Crippen molar-refractivity contribution in [2.45, 2.75) is 33.1 Å². The smallest absolute Gasteiger partial charge is 0.0172 e. The van der Waals surface area contributed by atoms with Gasteiger partial charge < -0.3 is 0 Å². The van der Waals surface area contributed by atoms with Gasteiger partial charge in [0.1, 0.15) is 0 Å². The minimum absolute atomic E-state index is 0.421. The lowest BCUT2D eigenvalue weighted by Crippen LogP contribution is -2.07. The van der Waals surface area contributed by atoms with E-state index in [4.69, 9.17) is 0 Å². The van der Waals surface area contributed by atoms with Crippen LogP contribution in [0.25, 0.3) is 0 Å². The minimum atomic E-state index is 0.421. The first kappa shape index (κ1) is 7.59. The predicted molar refractivity (Wildman–Crippen MR) is 45.9 cm³/mol. The van der Waals surface area contributed by atoms with E-state index < -0.39 is 0 Å². The monoisotopic (exact) mass is 136 g/mol. The Morgan fingerprint density at radius 2 is 2.00 bits per heavy atom. The normalized spacial score (nSPS) is 30.2. The fourth-order valence-corrected chi connectivity index (χ4v) is 1.25. The van der Waals surface area contributed by atoms with Crippen LogP contribution < -0.4 is 0 Å². The lowest BCUT2D eigenvalue weighted by atomic mass is 9.86. The van der Waals surface area contributed by atoms with Gasteiger partial charge in [-0.15, -0.1) is 0 Å². The zero-order valence-electron chi connectivity index (χ0n) is 6.93. The van der Waals surface area contributed by atoms with E-state index in [2.05, 4.69) is 38.2 Å². The number of hydrogen-bond acceptors (Lipinski definition) is 0. The summed E-state index contributed by atoms with van der Waals surface area (Å²) in [6.07, 6.45) is 12.7. The summed E-state index contributed by atoms with van der Waals surface area (Å²) >= 11 is 0. The lowest BCUT2D eigenvalue weighted by molar-refractivity contribution is 0.422. The molecule has 0 amide bonds. The summed E-state index contributed by atoms with van der Waals surface area (Å²) in [5.74, 6) is 0. The van der Waals surface area contributed by atoms with Crippen LogP contribution >= 0.6 is 0 Å². The highest BCUT2D eigenvalue weighted by Gasteiger charge is 2.12. The van der Waals surface area contributed by atoms with Crippen molar-refractivity contribution in [1.82, 2.24) is 0 Å². The van der Waals surface area contributed by atoms with Gasteiger partial charge in [0.05, 0.1) is 0 Å². The molecular weight excluding hydrogens is 120 g/mol. The quantitative estimate of drug-likeness (QED) is 0.479. The van der Waals surface area contributed by atoms with Gasteiger partial charge in [0.2, 0.25) is 0 Å². The maximum Gasteiger partial charge on any atom is -0.0172 e. The van der Waals surface area contributed by atoms with Crippen LogP contribution in [-0.4, -0.2) is 0 Å². The van der Waals surface area contributed by atoms with Crippen LogP contribution in [0.3, 0.4) is 0 Å². The molecule has 0 aromatic carbocycles. The zero-order chi connectivity index (χ0) is 7.45. The van der Waals surface area contributed by atoms with E-state index in [0.717, 1.165) is 0 Å². The Morgan fingerprint density at radius 3 is 2.80 bits per heavy atom. The van der Waals surface area contributed by atoms with Gasteiger partial charge in [0.15, 0.2) is 0 Å². The van der Waals surface area contributed by atoms with E-state index in [1.807, 2.05) is 0 Å². The molecule has 1 rings (SSSR count). The highest BCUT2D eigenvalue weighted by Crippen LogP contribution is 2.25. The summed E-state index contributed by atoms with van der Waals surface area (Å²) in [4.78, 5) is 0. The largest absolute Gasteiger partial charge is 0.0845 e. The van der Waals surface area contributed by atoms with Gasteiger partial charge in [0, 0.05) is 0 Å². The molecule has 10 heavy (non-hydrogen) atoms. The molecule has 0 aromatic heterocycles. The summed E-state index contributed by atoms with van der Waals surface area (Å²) < 4.78 is 0. The maximum absolute atomic E-state index is 2.29. The molecule has 1 aliphatic rings. The van der Waals surface area contributed by atoms with Crippen molar-refractivity contribution in [3.63, 3.8) is 0 Å². The van der Waals surface area contributed by atoms with Crippen molar-refractivity contribution in [2.75, 3.05) is 0 Å². The SMILES string of the molecule is CC1(C)/C=C\C=C/CCC1. The number of allylic oxidation sites excluding steroid dienone is 4. The van der Waals surface area contributed by atoms with Crippen LogP contribution in [0.5, 0.6) is 0 Å². The standard InChI is InChI=1S/C10H16/c1-10(2)8-6-4-3-5-7-9-10/h3-4,6,8H,5,7,9H2,1-2H3/b4-3-,8-6-. The van der Waals surface area contributed by atoms with Crippen LogP contribution in [0.4, 0.5) is 0 Å². The molecule has 0 fully saturated rings. The third-order valence-electron chi connectivity index (χ3n) is 1.99. The Bertz CT molecular complexity index is 149. The van der Waals surface area contributed by atoms with Crippen molar-refractivity contribution in [1.29, 1.82) is 0 Å². The fraction of sp³-hybridized carbons (Fsp3) is 0.600. The molecule has 0 spiro atoms. The van der Waals surface area contributed by atoms with E-state index in [9.17, 15) is 0 Å². The zero-order valence-corrected chi connectivity index (χ0v) is 6.93. The molecule has 0 heteroatoms. The molecular formula is C10H16. The van der Waals surface area contributed by atoms with Gasteiger partial charge in [-0.05, 0) is 24.7 Å². The van der Waals surface area contributed by atoms with Crippen LogP contribution in [-0.2, 0) is 0 Å². The Balaban J connectivity index is 2.61. The molecule has 0 saturated heterocycles. The molecule has 0 aromatic rings. The summed E-state index contributed by atoms with van der Waals surface area (Å²) in [7, 11) is 0. The van der Waals surface area contributed by atoms with E-state index in [0.29, 0.717) is 5.41 Å². The second kappa shape index (κ2) is 3.05. The number of hydrogen-bond donors (Lipinski definition) is 0. The molecule has 0 radical (unpaired) electrons. The molecule has 0 unspecified atom stereocenters. The lowest BCUT2D eigenvalue weighted by Gasteiger charge is -2.20. The van der Waals surface area contributed by atoms with Gasteiger partial charge >= 0.3 is 0 Å². The third-order valence-corrected chi connectivity index (χ3v) is 1.99. The molecule has 0 aliphatic heterocycles. The summed E-state index contributed by atoms with van der Waals surface area (Å²) in [5, 5.41) is 0. The molecule has 0 heterocycles. The van der Waals surface area contributed by atoms with Crippen LogP contribution in [0.1, 0.15) is 33.1 Å². The second-order valence-corrected chi connectivity index (χ2v) is 3.67. The van der Waals surface area contributed by atoms with E-state index in [1.165, 1.54) is 19.3 Å². The molecule has 0 N–H and O–H groups in total. The predicted octanol–water partition coefficient (Wildman–Crippen LogP) is 3.31. The van der Waals surface area contributed by atoms with Gasteiger partial charge in [-0.1, -0.05) is 38.2 Å². The molecule has 0 atom stereocenters. The average molecular weight is 136 g/mol. The third kappa shape index (κ3) is 2.38. The highest BCUT2D eigenvalue weighted by molar-refractivity contribution is 5.08. The summed E-state index contributed by atoms with van der Waals surface area (Å²) in [6, 6.07) is 0. The van der Waals surface area contributed by atoms with Gasteiger partial charge in [-0.3, -0.25) is 0 Å². The second-order valence-electron chi connectivity index (χ2n) is 3.67. The molecule has 0 bridgehead atoms. The van der Waals surface area contributed by atoms with Gasteiger partial charge in [-0.2, -0.15) is 0 Å². The number of rotatable bonds is 0. The molecule has 56 valence electrons. The topological polar surface area (TPSA) is 0 Å². The van der Waals surface area contributed by atoms with Gasteiger partial charge in [0.25, 0.3) is 0 Å². The van der Waals surface area contributed by atoms with Crippen LogP contribution in [0, 0.1) is 5.41 Å². The molecule has 1 aliphatic carbocycles. The fourth-order valence-electron chi connectivity index (χ4n) is 1.25. The Morgan fingerprint density at radius 1 is 1.20 bits per heavy atom. The average Bonchev–Trinajstić information content (AvgIpc) is 1.81.